The number of hydrogen-bond donors (Lipinski definition) is 0. The lowest BCUT2D eigenvalue weighted by Crippen LogP contribution is -2.44. The minimum absolute atomic E-state index is 0.0530. The molecular weight excluding hydrogens is 200 g/mol. The number of carbonyl (C=O) groups is 2. The van der Waals surface area contributed by atoms with Gasteiger partial charge in [-0.25, -0.2) is 0 Å². The maximum Gasteiger partial charge on any atom is 0.166 e. The molecule has 16 heavy (non-hydrogen) atoms. The van der Waals surface area contributed by atoms with Gasteiger partial charge in [0.15, 0.2) is 5.78 Å². The first-order chi connectivity index (χ1) is 7.61. The van der Waals surface area contributed by atoms with E-state index in [1.165, 1.54) is 0 Å². The molecule has 0 aromatic heterocycles. The smallest absolute Gasteiger partial charge is 0.166 e. The van der Waals surface area contributed by atoms with Crippen molar-refractivity contribution in [2.24, 2.45) is 17.8 Å². The quantitative estimate of drug-likeness (QED) is 0.728. The second kappa shape index (κ2) is 4.20. The normalized spacial score (nSPS) is 28.2. The number of rotatable bonds is 3. The van der Waals surface area contributed by atoms with Crippen molar-refractivity contribution in [3.05, 3.63) is 35.9 Å². The average molecular weight is 216 g/mol. The summed E-state index contributed by atoms with van der Waals surface area (Å²) in [7, 11) is 0. The Morgan fingerprint density at radius 2 is 1.81 bits per heavy atom. The molecule has 1 aliphatic rings. The zero-order chi connectivity index (χ0) is 11.7. The Kier molecular flexibility index (Phi) is 2.90. The SMILES string of the molecule is CC(=O)[C@H]1C[C@H](C)[C@H]1C(=O)c1ccccc1. The van der Waals surface area contributed by atoms with E-state index in [4.69, 9.17) is 0 Å². The zero-order valence-corrected chi connectivity index (χ0v) is 9.64. The van der Waals surface area contributed by atoms with Gasteiger partial charge in [0, 0.05) is 17.4 Å². The van der Waals surface area contributed by atoms with Gasteiger partial charge in [0.05, 0.1) is 0 Å². The van der Waals surface area contributed by atoms with Crippen LogP contribution in [0, 0.1) is 17.8 Å². The Morgan fingerprint density at radius 1 is 1.19 bits per heavy atom. The first-order valence-electron chi connectivity index (χ1n) is 5.71. The molecule has 1 fully saturated rings. The van der Waals surface area contributed by atoms with Gasteiger partial charge in [-0.1, -0.05) is 37.3 Å². The summed E-state index contributed by atoms with van der Waals surface area (Å²) in [4.78, 5) is 23.6. The minimum Gasteiger partial charge on any atom is -0.300 e. The van der Waals surface area contributed by atoms with Crippen LogP contribution in [0.15, 0.2) is 30.3 Å². The van der Waals surface area contributed by atoms with Crippen molar-refractivity contribution in [2.75, 3.05) is 0 Å². The number of benzene rings is 1. The monoisotopic (exact) mass is 216 g/mol. The van der Waals surface area contributed by atoms with Gasteiger partial charge in [-0.05, 0) is 19.3 Å². The predicted molar refractivity (Wildman–Crippen MR) is 62.2 cm³/mol. The molecule has 3 atom stereocenters. The fraction of sp³-hybridized carbons (Fsp3) is 0.429. The fourth-order valence-corrected chi connectivity index (χ4v) is 2.55. The van der Waals surface area contributed by atoms with Gasteiger partial charge in [0.1, 0.15) is 5.78 Å². The van der Waals surface area contributed by atoms with Gasteiger partial charge < -0.3 is 0 Å². The lowest BCUT2D eigenvalue weighted by atomic mass is 9.61. The van der Waals surface area contributed by atoms with Crippen LogP contribution in [0.25, 0.3) is 0 Å². The average Bonchev–Trinajstić information content (AvgIpc) is 2.26. The van der Waals surface area contributed by atoms with Crippen molar-refractivity contribution in [2.45, 2.75) is 20.3 Å². The Bertz CT molecular complexity index is 408. The van der Waals surface area contributed by atoms with Gasteiger partial charge in [0.25, 0.3) is 0 Å². The molecule has 0 amide bonds. The van der Waals surface area contributed by atoms with Crippen LogP contribution in [0.4, 0.5) is 0 Å². The van der Waals surface area contributed by atoms with E-state index in [2.05, 4.69) is 0 Å². The van der Waals surface area contributed by atoms with Crippen molar-refractivity contribution in [3.8, 4) is 0 Å². The van der Waals surface area contributed by atoms with E-state index in [0.717, 1.165) is 12.0 Å². The second-order valence-electron chi connectivity index (χ2n) is 4.69. The molecule has 0 aliphatic heterocycles. The summed E-state index contributed by atoms with van der Waals surface area (Å²) in [6.45, 7) is 3.63. The van der Waals surface area contributed by atoms with Gasteiger partial charge in [-0.15, -0.1) is 0 Å². The molecule has 2 heteroatoms. The number of Topliss-reactive ketones (excluding diaryl/α,β-unsaturated/α-hetero) is 2. The van der Waals surface area contributed by atoms with Crippen molar-refractivity contribution < 1.29 is 9.59 Å². The molecule has 1 saturated carbocycles. The van der Waals surface area contributed by atoms with Crippen molar-refractivity contribution in [1.29, 1.82) is 0 Å². The Labute approximate surface area is 95.7 Å². The molecule has 0 bridgehead atoms. The Hall–Kier alpha value is -1.44. The topological polar surface area (TPSA) is 34.1 Å². The Morgan fingerprint density at radius 3 is 2.31 bits per heavy atom. The summed E-state index contributed by atoms with van der Waals surface area (Å²) in [5.74, 6) is 0.455. The number of ketones is 2. The van der Waals surface area contributed by atoms with E-state index in [0.29, 0.717) is 5.92 Å². The molecule has 0 radical (unpaired) electrons. The van der Waals surface area contributed by atoms with Crippen LogP contribution in [0.2, 0.25) is 0 Å². The van der Waals surface area contributed by atoms with Crippen LogP contribution in [-0.4, -0.2) is 11.6 Å². The molecule has 0 N–H and O–H groups in total. The van der Waals surface area contributed by atoms with E-state index in [1.807, 2.05) is 37.3 Å². The lowest BCUT2D eigenvalue weighted by Gasteiger charge is -2.40. The maximum atomic E-state index is 12.2. The highest BCUT2D eigenvalue weighted by atomic mass is 16.1. The third-order valence-electron chi connectivity index (χ3n) is 3.56. The van der Waals surface area contributed by atoms with Crippen LogP contribution in [0.3, 0.4) is 0 Å². The van der Waals surface area contributed by atoms with Crippen LogP contribution in [0.1, 0.15) is 30.6 Å². The summed E-state index contributed by atoms with van der Waals surface area (Å²) in [6, 6.07) is 9.26. The summed E-state index contributed by atoms with van der Waals surface area (Å²) in [5, 5.41) is 0. The molecule has 2 rings (SSSR count). The lowest BCUT2D eigenvalue weighted by molar-refractivity contribution is -0.127. The number of carbonyl (C=O) groups excluding carboxylic acids is 2. The number of hydrogen-bond acceptors (Lipinski definition) is 2. The van der Waals surface area contributed by atoms with E-state index in [1.54, 1.807) is 6.92 Å². The first kappa shape index (κ1) is 11.1. The minimum atomic E-state index is -0.0973. The van der Waals surface area contributed by atoms with Crippen molar-refractivity contribution >= 4 is 11.6 Å². The molecule has 0 unspecified atom stereocenters. The first-order valence-corrected chi connectivity index (χ1v) is 5.71. The Balaban J connectivity index is 2.19. The van der Waals surface area contributed by atoms with E-state index in [-0.39, 0.29) is 23.4 Å². The summed E-state index contributed by atoms with van der Waals surface area (Å²) < 4.78 is 0. The summed E-state index contributed by atoms with van der Waals surface area (Å²) in [5.41, 5.74) is 0.727. The third-order valence-corrected chi connectivity index (χ3v) is 3.56. The molecule has 0 saturated heterocycles. The summed E-state index contributed by atoms with van der Waals surface area (Å²) in [6.07, 6.45) is 0.860. The van der Waals surface area contributed by atoms with Gasteiger partial charge >= 0.3 is 0 Å². The molecule has 2 nitrogen and oxygen atoms in total. The van der Waals surface area contributed by atoms with Crippen LogP contribution in [0.5, 0.6) is 0 Å². The fourth-order valence-electron chi connectivity index (χ4n) is 2.55. The highest BCUT2D eigenvalue weighted by Gasteiger charge is 2.45. The van der Waals surface area contributed by atoms with Crippen LogP contribution in [-0.2, 0) is 4.79 Å². The van der Waals surface area contributed by atoms with Crippen molar-refractivity contribution in [1.82, 2.24) is 0 Å². The standard InChI is InChI=1S/C14H16O2/c1-9-8-12(10(2)15)13(9)14(16)11-6-4-3-5-7-11/h3-7,9,12-13H,8H2,1-2H3/t9-,12+,13+/m0/s1. The van der Waals surface area contributed by atoms with Gasteiger partial charge in [-0.3, -0.25) is 9.59 Å². The zero-order valence-electron chi connectivity index (χ0n) is 9.64. The van der Waals surface area contributed by atoms with Crippen molar-refractivity contribution in [3.63, 3.8) is 0 Å². The molecule has 0 spiro atoms. The van der Waals surface area contributed by atoms with E-state index in [9.17, 15) is 9.59 Å². The predicted octanol–water partition coefficient (Wildman–Crippen LogP) is 2.73. The van der Waals surface area contributed by atoms with Crippen LogP contribution < -0.4 is 0 Å². The highest BCUT2D eigenvalue weighted by molar-refractivity contribution is 6.01. The maximum absolute atomic E-state index is 12.2. The highest BCUT2D eigenvalue weighted by Crippen LogP contribution is 2.42. The van der Waals surface area contributed by atoms with E-state index >= 15 is 0 Å². The molecule has 84 valence electrons. The van der Waals surface area contributed by atoms with Crippen LogP contribution >= 0.6 is 0 Å². The summed E-state index contributed by atoms with van der Waals surface area (Å²) >= 11 is 0. The third kappa shape index (κ3) is 1.80. The second-order valence-corrected chi connectivity index (χ2v) is 4.69. The van der Waals surface area contributed by atoms with E-state index < -0.39 is 0 Å². The molecule has 1 aromatic carbocycles. The molecular formula is C14H16O2. The molecule has 1 aromatic rings. The molecule has 1 aliphatic carbocycles. The largest absolute Gasteiger partial charge is 0.300 e. The van der Waals surface area contributed by atoms with Gasteiger partial charge in [-0.2, -0.15) is 0 Å². The van der Waals surface area contributed by atoms with Gasteiger partial charge in [0.2, 0.25) is 0 Å². The molecule has 0 heterocycles.